The van der Waals surface area contributed by atoms with Crippen LogP contribution < -0.4 is 5.32 Å². The molecule has 4 rings (SSSR count). The van der Waals surface area contributed by atoms with Gasteiger partial charge in [-0.05, 0) is 41.3 Å². The summed E-state index contributed by atoms with van der Waals surface area (Å²) in [6.45, 7) is 5.73. The second-order valence-electron chi connectivity index (χ2n) is 7.87. The number of amides is 1. The molecule has 0 aliphatic rings. The Bertz CT molecular complexity index is 1130. The predicted molar refractivity (Wildman–Crippen MR) is 122 cm³/mol. The van der Waals surface area contributed by atoms with Gasteiger partial charge in [-0.3, -0.25) is 4.79 Å². The highest BCUT2D eigenvalue weighted by Crippen LogP contribution is 2.20. The van der Waals surface area contributed by atoms with Crippen LogP contribution in [0.2, 0.25) is 0 Å². The van der Waals surface area contributed by atoms with Crippen molar-refractivity contribution in [2.24, 2.45) is 0 Å². The van der Waals surface area contributed by atoms with Crippen LogP contribution in [0.15, 0.2) is 78.9 Å². The van der Waals surface area contributed by atoms with Crippen LogP contribution >= 0.6 is 0 Å². The molecular weight excluding hydrogens is 370 g/mol. The van der Waals surface area contributed by atoms with Crippen LogP contribution in [0.4, 0.5) is 0 Å². The fraction of sp³-hybridized carbons (Fsp3) is 0.231. The molecule has 0 radical (unpaired) electrons. The first-order valence-corrected chi connectivity index (χ1v) is 10.5. The highest BCUT2D eigenvalue weighted by Gasteiger charge is 2.12. The zero-order chi connectivity index (χ0) is 20.9. The molecule has 30 heavy (non-hydrogen) atoms. The van der Waals surface area contributed by atoms with Gasteiger partial charge in [-0.15, -0.1) is 0 Å². The van der Waals surface area contributed by atoms with Crippen molar-refractivity contribution in [1.29, 1.82) is 0 Å². The van der Waals surface area contributed by atoms with Crippen LogP contribution in [0.25, 0.3) is 11.0 Å². The Labute approximate surface area is 177 Å². The molecule has 1 heterocycles. The highest BCUT2D eigenvalue weighted by atomic mass is 16.1. The molecule has 0 unspecified atom stereocenters. The normalized spacial score (nSPS) is 11.2. The van der Waals surface area contributed by atoms with Gasteiger partial charge in [-0.2, -0.15) is 0 Å². The maximum Gasteiger partial charge on any atom is 0.251 e. The molecule has 0 atom stereocenters. The van der Waals surface area contributed by atoms with Crippen molar-refractivity contribution in [2.75, 3.05) is 6.54 Å². The third kappa shape index (κ3) is 4.43. The smallest absolute Gasteiger partial charge is 0.251 e. The summed E-state index contributed by atoms with van der Waals surface area (Å²) in [6.07, 6.45) is 0.678. The maximum atomic E-state index is 12.3. The largest absolute Gasteiger partial charge is 0.352 e. The Kier molecular flexibility index (Phi) is 5.94. The van der Waals surface area contributed by atoms with E-state index >= 15 is 0 Å². The van der Waals surface area contributed by atoms with Gasteiger partial charge in [0, 0.05) is 25.1 Å². The van der Waals surface area contributed by atoms with Gasteiger partial charge in [0.15, 0.2) is 0 Å². The summed E-state index contributed by atoms with van der Waals surface area (Å²) in [4.78, 5) is 17.2. The number of nitrogens with one attached hydrogen (secondary N) is 1. The molecule has 4 nitrogen and oxygen atoms in total. The van der Waals surface area contributed by atoms with E-state index in [0.717, 1.165) is 23.4 Å². The second-order valence-corrected chi connectivity index (χ2v) is 7.87. The molecule has 0 bridgehead atoms. The number of hydrogen-bond acceptors (Lipinski definition) is 2. The van der Waals surface area contributed by atoms with Gasteiger partial charge in [0.25, 0.3) is 5.91 Å². The summed E-state index contributed by atoms with van der Waals surface area (Å²) in [5.74, 6) is 1.46. The zero-order valence-corrected chi connectivity index (χ0v) is 17.5. The fourth-order valence-corrected chi connectivity index (χ4v) is 3.66. The van der Waals surface area contributed by atoms with E-state index < -0.39 is 0 Å². The first kappa shape index (κ1) is 19.9. The van der Waals surface area contributed by atoms with E-state index in [0.29, 0.717) is 24.4 Å². The Hall–Kier alpha value is -3.40. The van der Waals surface area contributed by atoms with Crippen LogP contribution in [0.3, 0.4) is 0 Å². The monoisotopic (exact) mass is 397 g/mol. The van der Waals surface area contributed by atoms with Gasteiger partial charge >= 0.3 is 0 Å². The van der Waals surface area contributed by atoms with Gasteiger partial charge in [-0.25, -0.2) is 4.98 Å². The van der Waals surface area contributed by atoms with E-state index in [1.54, 1.807) is 0 Å². The van der Waals surface area contributed by atoms with Crippen LogP contribution in [0.5, 0.6) is 0 Å². The number of hydrogen-bond donors (Lipinski definition) is 1. The van der Waals surface area contributed by atoms with Crippen molar-refractivity contribution in [3.8, 4) is 0 Å². The quantitative estimate of drug-likeness (QED) is 0.467. The predicted octanol–water partition coefficient (Wildman–Crippen LogP) is 5.18. The number of benzene rings is 3. The Morgan fingerprint density at radius 1 is 0.933 bits per heavy atom. The Morgan fingerprint density at radius 2 is 1.63 bits per heavy atom. The van der Waals surface area contributed by atoms with Crippen LogP contribution in [0, 0.1) is 0 Å². The van der Waals surface area contributed by atoms with E-state index in [9.17, 15) is 4.79 Å². The van der Waals surface area contributed by atoms with E-state index in [-0.39, 0.29) is 5.91 Å². The van der Waals surface area contributed by atoms with E-state index in [2.05, 4.69) is 54.1 Å². The number of carbonyl (C=O) groups is 1. The first-order valence-electron chi connectivity index (χ1n) is 10.5. The molecule has 0 aliphatic heterocycles. The Balaban J connectivity index is 1.52. The molecule has 4 aromatic rings. The maximum absolute atomic E-state index is 12.3. The average Bonchev–Trinajstić information content (AvgIpc) is 3.12. The Morgan fingerprint density at radius 3 is 2.37 bits per heavy atom. The number of para-hydroxylation sites is 2. The molecule has 0 fully saturated rings. The zero-order valence-electron chi connectivity index (χ0n) is 17.5. The summed E-state index contributed by atoms with van der Waals surface area (Å²) in [5, 5.41) is 3.01. The topological polar surface area (TPSA) is 46.9 Å². The van der Waals surface area contributed by atoms with Crippen molar-refractivity contribution in [3.05, 3.63) is 101 Å². The lowest BCUT2D eigenvalue weighted by atomic mass is 10.0. The van der Waals surface area contributed by atoms with Crippen molar-refractivity contribution in [2.45, 2.75) is 32.7 Å². The van der Waals surface area contributed by atoms with Crippen LogP contribution in [-0.4, -0.2) is 22.0 Å². The summed E-state index contributed by atoms with van der Waals surface area (Å²) >= 11 is 0. The van der Waals surface area contributed by atoms with E-state index in [4.69, 9.17) is 4.98 Å². The lowest BCUT2D eigenvalue weighted by Gasteiger charge is -2.12. The molecule has 0 saturated heterocycles. The minimum absolute atomic E-state index is 0.0532. The van der Waals surface area contributed by atoms with Crippen molar-refractivity contribution >= 4 is 16.9 Å². The summed E-state index contributed by atoms with van der Waals surface area (Å²) in [7, 11) is 0. The van der Waals surface area contributed by atoms with Gasteiger partial charge in [0.05, 0.1) is 11.0 Å². The molecule has 1 N–H and O–H groups in total. The first-order chi connectivity index (χ1) is 14.6. The second kappa shape index (κ2) is 8.95. The van der Waals surface area contributed by atoms with E-state index in [1.165, 1.54) is 11.1 Å². The highest BCUT2D eigenvalue weighted by molar-refractivity contribution is 5.94. The van der Waals surface area contributed by atoms with Crippen LogP contribution in [0.1, 0.15) is 47.1 Å². The van der Waals surface area contributed by atoms with Crippen molar-refractivity contribution in [1.82, 2.24) is 14.9 Å². The number of aromatic nitrogens is 2. The van der Waals surface area contributed by atoms with Gasteiger partial charge in [-0.1, -0.05) is 68.4 Å². The lowest BCUT2D eigenvalue weighted by Crippen LogP contribution is -2.26. The van der Waals surface area contributed by atoms with Crippen LogP contribution in [-0.2, 0) is 13.0 Å². The molecule has 152 valence electrons. The van der Waals surface area contributed by atoms with Gasteiger partial charge in [0.2, 0.25) is 0 Å². The number of nitrogens with zero attached hydrogens (tertiary/aromatic N) is 2. The summed E-state index contributed by atoms with van der Waals surface area (Å²) in [6, 6.07) is 26.3. The minimum atomic E-state index is -0.0532. The van der Waals surface area contributed by atoms with Crippen molar-refractivity contribution in [3.63, 3.8) is 0 Å². The summed E-state index contributed by atoms with van der Waals surface area (Å²) < 4.78 is 2.26. The molecular formula is C26H27N3O. The molecule has 1 aromatic heterocycles. The SMILES string of the molecule is CC(C)c1ccc(Cn2c(CCNC(=O)c3ccccc3)nc3ccccc32)cc1. The lowest BCUT2D eigenvalue weighted by molar-refractivity contribution is 0.0954. The number of imidazole rings is 1. The number of fused-ring (bicyclic) bond motifs is 1. The fourth-order valence-electron chi connectivity index (χ4n) is 3.66. The van der Waals surface area contributed by atoms with Gasteiger partial charge in [0.1, 0.15) is 5.82 Å². The third-order valence-corrected chi connectivity index (χ3v) is 5.39. The standard InChI is InChI=1S/C26H27N3O/c1-19(2)21-14-12-20(13-15-21)18-29-24-11-7-6-10-23(24)28-25(29)16-17-27-26(30)22-8-4-3-5-9-22/h3-15,19H,16-18H2,1-2H3,(H,27,30). The summed E-state index contributed by atoms with van der Waals surface area (Å²) in [5.41, 5.74) is 5.38. The van der Waals surface area contributed by atoms with Crippen molar-refractivity contribution < 1.29 is 4.79 Å². The molecule has 0 saturated carbocycles. The molecule has 3 aromatic carbocycles. The van der Waals surface area contributed by atoms with E-state index in [1.807, 2.05) is 48.5 Å². The van der Waals surface area contributed by atoms with Gasteiger partial charge < -0.3 is 9.88 Å². The molecule has 0 spiro atoms. The minimum Gasteiger partial charge on any atom is -0.352 e. The average molecular weight is 398 g/mol. The molecule has 0 aliphatic carbocycles. The number of rotatable bonds is 7. The molecule has 4 heteroatoms. The molecule has 1 amide bonds. The third-order valence-electron chi connectivity index (χ3n) is 5.39. The number of carbonyl (C=O) groups excluding carboxylic acids is 1.